The van der Waals surface area contributed by atoms with Gasteiger partial charge < -0.3 is 5.32 Å². The third-order valence-electron chi connectivity index (χ3n) is 8.16. The minimum Gasteiger partial charge on any atom is -0.355 e. The van der Waals surface area contributed by atoms with Crippen LogP contribution in [-0.2, 0) is 6.54 Å². The first-order chi connectivity index (χ1) is 22.8. The fourth-order valence-corrected chi connectivity index (χ4v) is 5.42. The molecule has 1 heterocycles. The fraction of sp³-hybridized carbons (Fsp3) is 0.419. The van der Waals surface area contributed by atoms with Gasteiger partial charge in [0.1, 0.15) is 5.71 Å². The SMILES string of the molecule is C/C=C(C(=NCC1CCN(Cc2ccccc2)CC1)C(C)(F)F)/C(C)=C/C.C=C(C)/C(=C\C=C/C)Nc1ccc(C(=C)C)c(C)c1.CC. The second-order valence-electron chi connectivity index (χ2n) is 12.3. The standard InChI is InChI=1S/C23H32F2N2.C18H23N.C2H6/c1-5-18(3)21(6-2)22(23(4,24)25)26-16-19-12-14-27(15-13-19)17-20-10-8-7-9-11-20;1-7-8-9-18(14(4)5)19-16-10-11-17(13(2)3)15(6)12-16;1-2/h5-11,19H,12-17H2,1-4H3;7-12,19H,2,4H2,1,3,5-6H3;1-2H3/b18-5+,21-6-,26-22?;8-7-,18-9+;. The molecule has 0 spiro atoms. The number of halogens is 2. The highest BCUT2D eigenvalue weighted by molar-refractivity contribution is 6.08. The Balaban J connectivity index is 0.000000482. The van der Waals surface area contributed by atoms with Crippen LogP contribution in [0.1, 0.15) is 91.8 Å². The first-order valence-corrected chi connectivity index (χ1v) is 17.3. The number of nitrogens with one attached hydrogen (secondary N) is 1. The number of nitrogens with zero attached hydrogens (tertiary/aromatic N) is 2. The van der Waals surface area contributed by atoms with Gasteiger partial charge in [-0.3, -0.25) is 9.89 Å². The van der Waals surface area contributed by atoms with Crippen LogP contribution >= 0.6 is 0 Å². The molecule has 1 saturated heterocycles. The van der Waals surface area contributed by atoms with E-state index in [4.69, 9.17) is 0 Å². The first kappa shape index (κ1) is 42.2. The van der Waals surface area contributed by atoms with E-state index in [9.17, 15) is 8.78 Å². The zero-order valence-electron chi connectivity index (χ0n) is 31.4. The van der Waals surface area contributed by atoms with Crippen LogP contribution in [0.3, 0.4) is 0 Å². The van der Waals surface area contributed by atoms with Gasteiger partial charge in [0.15, 0.2) is 0 Å². The molecule has 1 fully saturated rings. The zero-order chi connectivity index (χ0) is 36.3. The quantitative estimate of drug-likeness (QED) is 0.182. The van der Waals surface area contributed by atoms with Gasteiger partial charge in [0, 0.05) is 31.4 Å². The molecule has 2 aromatic rings. The minimum absolute atomic E-state index is 0.0766. The normalized spacial score (nSPS) is 15.3. The smallest absolute Gasteiger partial charge is 0.287 e. The van der Waals surface area contributed by atoms with Crippen LogP contribution in [0.15, 0.2) is 119 Å². The van der Waals surface area contributed by atoms with Crippen molar-refractivity contribution in [1.82, 2.24) is 4.90 Å². The van der Waals surface area contributed by atoms with Crippen molar-refractivity contribution < 1.29 is 8.78 Å². The van der Waals surface area contributed by atoms with Gasteiger partial charge in [-0.1, -0.05) is 93.3 Å². The summed E-state index contributed by atoms with van der Waals surface area (Å²) in [5.74, 6) is -2.56. The summed E-state index contributed by atoms with van der Waals surface area (Å²) >= 11 is 0. The summed E-state index contributed by atoms with van der Waals surface area (Å²) in [5.41, 5.74) is 9.29. The number of alkyl halides is 2. The van der Waals surface area contributed by atoms with Gasteiger partial charge in [0.25, 0.3) is 5.92 Å². The molecule has 1 aliphatic rings. The minimum atomic E-state index is -2.93. The van der Waals surface area contributed by atoms with Crippen molar-refractivity contribution in [2.24, 2.45) is 10.9 Å². The van der Waals surface area contributed by atoms with Crippen molar-refractivity contribution in [3.05, 3.63) is 131 Å². The Kier molecular flexibility index (Phi) is 19.3. The number of anilines is 1. The van der Waals surface area contributed by atoms with Crippen LogP contribution in [0.4, 0.5) is 14.5 Å². The lowest BCUT2D eigenvalue weighted by Gasteiger charge is -2.31. The lowest BCUT2D eigenvalue weighted by molar-refractivity contribution is 0.100. The number of hydrogen-bond acceptors (Lipinski definition) is 3. The number of piperidine rings is 1. The molecule has 0 amide bonds. The lowest BCUT2D eigenvalue weighted by Crippen LogP contribution is -2.34. The molecule has 0 unspecified atom stereocenters. The molecule has 48 heavy (non-hydrogen) atoms. The Hall–Kier alpha value is -3.83. The van der Waals surface area contributed by atoms with Gasteiger partial charge in [-0.15, -0.1) is 0 Å². The van der Waals surface area contributed by atoms with Crippen LogP contribution < -0.4 is 5.32 Å². The van der Waals surface area contributed by atoms with Gasteiger partial charge in [-0.2, -0.15) is 8.78 Å². The van der Waals surface area contributed by atoms with Crippen LogP contribution in [-0.4, -0.2) is 36.2 Å². The molecule has 0 saturated carbocycles. The highest BCUT2D eigenvalue weighted by atomic mass is 19.3. The van der Waals surface area contributed by atoms with Crippen LogP contribution in [0.2, 0.25) is 0 Å². The van der Waals surface area contributed by atoms with Crippen molar-refractivity contribution in [2.45, 2.75) is 94.5 Å². The van der Waals surface area contributed by atoms with Gasteiger partial charge >= 0.3 is 0 Å². The molecule has 0 aliphatic carbocycles. The Morgan fingerprint density at radius 1 is 0.979 bits per heavy atom. The van der Waals surface area contributed by atoms with E-state index in [0.29, 0.717) is 18.0 Å². The summed E-state index contributed by atoms with van der Waals surface area (Å²) in [6, 6.07) is 16.8. The van der Waals surface area contributed by atoms with E-state index >= 15 is 0 Å². The Morgan fingerprint density at radius 3 is 2.08 bits per heavy atom. The summed E-state index contributed by atoms with van der Waals surface area (Å²) in [6.45, 7) is 30.0. The largest absolute Gasteiger partial charge is 0.355 e. The summed E-state index contributed by atoms with van der Waals surface area (Å²) in [6.07, 6.45) is 11.7. The third-order valence-corrected chi connectivity index (χ3v) is 8.16. The molecule has 0 atom stereocenters. The Morgan fingerprint density at radius 2 is 1.60 bits per heavy atom. The topological polar surface area (TPSA) is 27.6 Å². The summed E-state index contributed by atoms with van der Waals surface area (Å²) in [5, 5.41) is 3.40. The summed E-state index contributed by atoms with van der Waals surface area (Å²) in [4.78, 5) is 6.84. The molecule has 3 rings (SSSR count). The van der Waals surface area contributed by atoms with Crippen molar-refractivity contribution in [3.63, 3.8) is 0 Å². The molecule has 5 heteroatoms. The van der Waals surface area contributed by atoms with E-state index < -0.39 is 5.92 Å². The van der Waals surface area contributed by atoms with Crippen molar-refractivity contribution >= 4 is 17.0 Å². The zero-order valence-corrected chi connectivity index (χ0v) is 31.4. The third kappa shape index (κ3) is 14.5. The maximum Gasteiger partial charge on any atom is 0.287 e. The molecule has 0 aromatic heterocycles. The van der Waals surface area contributed by atoms with Crippen LogP contribution in [0, 0.1) is 12.8 Å². The van der Waals surface area contributed by atoms with E-state index in [-0.39, 0.29) is 5.71 Å². The van der Waals surface area contributed by atoms with Gasteiger partial charge in [0.2, 0.25) is 0 Å². The number of likely N-dealkylation sites (tertiary alicyclic amines) is 1. The molecule has 1 N–H and O–H groups in total. The summed E-state index contributed by atoms with van der Waals surface area (Å²) in [7, 11) is 0. The summed E-state index contributed by atoms with van der Waals surface area (Å²) < 4.78 is 28.3. The Labute approximate surface area is 291 Å². The predicted octanol–water partition coefficient (Wildman–Crippen LogP) is 12.4. The number of aliphatic imine (C=N–C) groups is 1. The molecule has 2 aromatic carbocycles. The lowest BCUT2D eigenvalue weighted by atomic mass is 9.95. The number of allylic oxidation sites excluding steroid dienone is 9. The molecule has 0 radical (unpaired) electrons. The number of rotatable bonds is 12. The highest BCUT2D eigenvalue weighted by Gasteiger charge is 2.32. The Bertz CT molecular complexity index is 1440. The second kappa shape index (κ2) is 21.9. The average Bonchev–Trinajstić information content (AvgIpc) is 3.06. The van der Waals surface area contributed by atoms with E-state index in [0.717, 1.165) is 67.5 Å². The van der Waals surface area contributed by atoms with Gasteiger partial charge in [-0.25, -0.2) is 0 Å². The molecule has 262 valence electrons. The predicted molar refractivity (Wildman–Crippen MR) is 209 cm³/mol. The van der Waals surface area contributed by atoms with Crippen LogP contribution in [0.5, 0.6) is 0 Å². The van der Waals surface area contributed by atoms with Gasteiger partial charge in [0.05, 0.1) is 0 Å². The fourth-order valence-electron chi connectivity index (χ4n) is 5.42. The van der Waals surface area contributed by atoms with Crippen LogP contribution in [0.25, 0.3) is 5.57 Å². The van der Waals surface area contributed by atoms with Crippen molar-refractivity contribution in [2.75, 3.05) is 25.0 Å². The van der Waals surface area contributed by atoms with E-state index in [1.807, 2.05) is 78.8 Å². The molecule has 3 nitrogen and oxygen atoms in total. The van der Waals surface area contributed by atoms with E-state index in [1.165, 1.54) is 16.7 Å². The first-order valence-electron chi connectivity index (χ1n) is 17.3. The average molecular weight is 658 g/mol. The number of hydrogen-bond donors (Lipinski definition) is 1. The number of aryl methyl sites for hydroxylation is 1. The van der Waals surface area contributed by atoms with E-state index in [1.54, 1.807) is 13.0 Å². The molecule has 0 bridgehead atoms. The highest BCUT2D eigenvalue weighted by Crippen LogP contribution is 2.27. The van der Waals surface area contributed by atoms with Crippen molar-refractivity contribution in [3.8, 4) is 0 Å². The second-order valence-corrected chi connectivity index (χ2v) is 12.3. The molecular weight excluding hydrogens is 596 g/mol. The van der Waals surface area contributed by atoms with Gasteiger partial charge in [-0.05, 0) is 132 Å². The van der Waals surface area contributed by atoms with Crippen molar-refractivity contribution in [1.29, 1.82) is 0 Å². The monoisotopic (exact) mass is 657 g/mol. The maximum atomic E-state index is 14.2. The number of benzene rings is 2. The van der Waals surface area contributed by atoms with E-state index in [2.05, 4.69) is 77.8 Å². The molecular formula is C43H61F2N3. The molecule has 1 aliphatic heterocycles. The maximum absolute atomic E-state index is 14.2.